The van der Waals surface area contributed by atoms with E-state index in [1.807, 2.05) is 67.8 Å². The van der Waals surface area contributed by atoms with E-state index >= 15 is 0 Å². The fraction of sp³-hybridized carbons (Fsp3) is 0.471. The van der Waals surface area contributed by atoms with Gasteiger partial charge in [-0.05, 0) is 45.7 Å². The molecular weight excluding hydrogens is 699 g/mol. The summed E-state index contributed by atoms with van der Waals surface area (Å²) in [5.41, 5.74) is 10.6. The van der Waals surface area contributed by atoms with Crippen LogP contribution in [0.5, 0.6) is 0 Å². The van der Waals surface area contributed by atoms with Gasteiger partial charge < -0.3 is 36.8 Å². The number of aliphatic hydroxyl groups is 1. The molecule has 2 aromatic carbocycles. The number of benzene rings is 2. The van der Waals surface area contributed by atoms with Gasteiger partial charge in [0.2, 0.25) is 23.6 Å². The summed E-state index contributed by atoms with van der Waals surface area (Å²) >= 11 is 2.66. The van der Waals surface area contributed by atoms with Gasteiger partial charge in [-0.2, -0.15) is 23.5 Å². The predicted molar refractivity (Wildman–Crippen MR) is 197 cm³/mol. The van der Waals surface area contributed by atoms with Crippen LogP contribution < -0.4 is 38.3 Å². The van der Waals surface area contributed by atoms with E-state index in [-0.39, 0.29) is 11.5 Å². The minimum absolute atomic E-state index is 0.00516. The molecule has 15 nitrogen and oxygen atoms in total. The number of nitrogens with one attached hydrogen (secondary N) is 5. The minimum Gasteiger partial charge on any atom is -0.444 e. The first-order chi connectivity index (χ1) is 24.0. The van der Waals surface area contributed by atoms with Crippen LogP contribution in [-0.4, -0.2) is 88.6 Å². The summed E-state index contributed by atoms with van der Waals surface area (Å²) < 4.78 is 5.20. The van der Waals surface area contributed by atoms with Crippen molar-refractivity contribution < 1.29 is 38.6 Å². The van der Waals surface area contributed by atoms with Gasteiger partial charge in [-0.3, -0.25) is 29.4 Å². The molecule has 0 aliphatic rings. The Kier molecular flexibility index (Phi) is 17.8. The van der Waals surface area contributed by atoms with Gasteiger partial charge in [-0.1, -0.05) is 59.7 Å². The third-order valence-corrected chi connectivity index (χ3v) is 9.20. The average molecular weight is 748 g/mol. The molecule has 2 rings (SSSR count). The molecule has 10 N–H and O–H groups in total. The van der Waals surface area contributed by atoms with Gasteiger partial charge in [0, 0.05) is 23.0 Å². The van der Waals surface area contributed by atoms with E-state index in [1.165, 1.54) is 23.5 Å². The highest BCUT2D eigenvalue weighted by Crippen LogP contribution is 2.16. The number of thioether (sulfide) groups is 2. The number of hydrogen-bond donors (Lipinski definition) is 8. The third kappa shape index (κ3) is 16.5. The molecule has 51 heavy (non-hydrogen) atoms. The highest BCUT2D eigenvalue weighted by molar-refractivity contribution is 7.98. The van der Waals surface area contributed by atoms with E-state index in [9.17, 15) is 33.9 Å². The van der Waals surface area contributed by atoms with Crippen molar-refractivity contribution >= 4 is 59.2 Å². The molecule has 280 valence electrons. The number of aryl methyl sites for hydroxylation is 2. The highest BCUT2D eigenvalue weighted by atomic mass is 32.2. The summed E-state index contributed by atoms with van der Waals surface area (Å²) in [6.45, 7) is 7.92. The van der Waals surface area contributed by atoms with Gasteiger partial charge in [0.05, 0.1) is 13.0 Å². The second-order valence-electron chi connectivity index (χ2n) is 12.7. The summed E-state index contributed by atoms with van der Waals surface area (Å²) in [7, 11) is 0. The quantitative estimate of drug-likeness (QED) is 0.0564. The van der Waals surface area contributed by atoms with Crippen LogP contribution in [-0.2, 0) is 40.2 Å². The number of carbonyl (C=O) groups excluding carboxylic acids is 6. The van der Waals surface area contributed by atoms with Crippen molar-refractivity contribution in [1.82, 2.24) is 26.7 Å². The lowest BCUT2D eigenvalue weighted by Crippen LogP contribution is -2.60. The van der Waals surface area contributed by atoms with Crippen molar-refractivity contribution in [3.05, 3.63) is 70.8 Å². The normalized spacial score (nSPS) is 13.5. The summed E-state index contributed by atoms with van der Waals surface area (Å²) in [5, 5.41) is 19.9. The number of aliphatic hydroxyl groups excluding tert-OH is 1. The van der Waals surface area contributed by atoms with E-state index in [2.05, 4.69) is 21.3 Å². The highest BCUT2D eigenvalue weighted by Gasteiger charge is 2.32. The van der Waals surface area contributed by atoms with E-state index in [1.54, 1.807) is 20.8 Å². The van der Waals surface area contributed by atoms with Gasteiger partial charge >= 0.3 is 6.09 Å². The Morgan fingerprint density at radius 2 is 1.10 bits per heavy atom. The molecule has 0 aliphatic carbocycles. The van der Waals surface area contributed by atoms with Crippen molar-refractivity contribution in [3.8, 4) is 0 Å². The zero-order valence-electron chi connectivity index (χ0n) is 29.4. The number of carbonyl (C=O) groups is 6. The monoisotopic (exact) mass is 747 g/mol. The minimum atomic E-state index is -1.52. The van der Waals surface area contributed by atoms with Crippen LogP contribution in [0.15, 0.2) is 48.5 Å². The molecule has 0 unspecified atom stereocenters. The number of primary amides is 1. The Balaban J connectivity index is 2.19. The van der Waals surface area contributed by atoms with E-state index < -0.39 is 78.4 Å². The topological polar surface area (TPSA) is 244 Å². The number of rotatable bonds is 19. The standard InChI is InChI=1S/C34H49N7O8S2/c1-20-6-10-22(11-7-20)16-50-18-26(38-29(44)24(14-28(35)43)40-33(48)49-34(3,4)5)31(46)37-25(15-42)30(45)39-27(32(47)41-36)19-51-17-23-12-8-21(2)9-13-23/h6-13,24-27,42H,14-19,36H2,1-5H3,(H2,35,43)(H,37,46)(H,38,44)(H,39,45)(H,40,48)(H,41,47)/t24-,25-,26-,27-/m0/s1. The lowest BCUT2D eigenvalue weighted by molar-refractivity contribution is -0.134. The molecule has 6 amide bonds. The zero-order chi connectivity index (χ0) is 38.1. The van der Waals surface area contributed by atoms with Crippen molar-refractivity contribution in [2.24, 2.45) is 11.6 Å². The maximum absolute atomic E-state index is 13.6. The number of amides is 6. The molecule has 0 radical (unpaired) electrons. The number of hydrazine groups is 1. The largest absolute Gasteiger partial charge is 0.444 e. The third-order valence-electron chi connectivity index (χ3n) is 6.98. The first-order valence-electron chi connectivity index (χ1n) is 16.1. The lowest BCUT2D eigenvalue weighted by atomic mass is 10.1. The van der Waals surface area contributed by atoms with Gasteiger partial charge in [0.1, 0.15) is 29.8 Å². The molecular formula is C34H49N7O8S2. The molecule has 0 saturated heterocycles. The van der Waals surface area contributed by atoms with E-state index in [0.717, 1.165) is 22.3 Å². The molecule has 4 atom stereocenters. The number of ether oxygens (including phenoxy) is 1. The fourth-order valence-electron chi connectivity index (χ4n) is 4.30. The first-order valence-corrected chi connectivity index (χ1v) is 18.4. The average Bonchev–Trinajstić information content (AvgIpc) is 3.06. The van der Waals surface area contributed by atoms with Crippen LogP contribution in [0, 0.1) is 13.8 Å². The van der Waals surface area contributed by atoms with Gasteiger partial charge in [-0.15, -0.1) is 0 Å². The zero-order valence-corrected chi connectivity index (χ0v) is 31.1. The van der Waals surface area contributed by atoms with Crippen LogP contribution >= 0.6 is 23.5 Å². The van der Waals surface area contributed by atoms with E-state index in [4.69, 9.17) is 16.3 Å². The maximum Gasteiger partial charge on any atom is 0.408 e. The summed E-state index contributed by atoms with van der Waals surface area (Å²) in [4.78, 5) is 76.9. The first kappa shape index (κ1) is 42.8. The Labute approximate surface area is 306 Å². The number of alkyl carbamates (subject to hydrolysis) is 1. The molecule has 17 heteroatoms. The SMILES string of the molecule is Cc1ccc(CSC[C@H](NC(=O)[C@H](CO)NC(=O)[C@H](CSCc2ccc(C)cc2)NC(=O)[C@H](CC(N)=O)NC(=O)OC(C)(C)C)C(=O)NN)cc1. The molecule has 0 fully saturated rings. The summed E-state index contributed by atoms with van der Waals surface area (Å²) in [6, 6.07) is 10.1. The van der Waals surface area contributed by atoms with Crippen molar-refractivity contribution in [2.45, 2.75) is 82.3 Å². The van der Waals surface area contributed by atoms with E-state index in [0.29, 0.717) is 11.5 Å². The van der Waals surface area contributed by atoms with Crippen LogP contribution in [0.3, 0.4) is 0 Å². The van der Waals surface area contributed by atoms with Crippen molar-refractivity contribution in [1.29, 1.82) is 0 Å². The van der Waals surface area contributed by atoms with Gasteiger partial charge in [0.25, 0.3) is 5.91 Å². The smallest absolute Gasteiger partial charge is 0.408 e. The number of hydrogen-bond acceptors (Lipinski definition) is 11. The summed E-state index contributed by atoms with van der Waals surface area (Å²) in [5.74, 6) is 2.28. The molecule has 0 aromatic heterocycles. The predicted octanol–water partition coefficient (Wildman–Crippen LogP) is 0.675. The van der Waals surface area contributed by atoms with Gasteiger partial charge in [0.15, 0.2) is 0 Å². The fourth-order valence-corrected chi connectivity index (χ4v) is 6.33. The van der Waals surface area contributed by atoms with Crippen molar-refractivity contribution in [3.63, 3.8) is 0 Å². The Morgan fingerprint density at radius 3 is 1.51 bits per heavy atom. The van der Waals surface area contributed by atoms with Gasteiger partial charge in [-0.25, -0.2) is 10.6 Å². The second kappa shape index (κ2) is 21.1. The number of nitrogens with two attached hydrogens (primary N) is 2. The van der Waals surface area contributed by atoms with Crippen LogP contribution in [0.1, 0.15) is 49.4 Å². The van der Waals surface area contributed by atoms with Crippen molar-refractivity contribution in [2.75, 3.05) is 18.1 Å². The van der Waals surface area contributed by atoms with Crippen LogP contribution in [0.2, 0.25) is 0 Å². The second-order valence-corrected chi connectivity index (χ2v) is 14.8. The lowest BCUT2D eigenvalue weighted by Gasteiger charge is -2.26. The molecule has 0 saturated carbocycles. The molecule has 0 aliphatic heterocycles. The Hall–Kier alpha value is -4.32. The molecule has 0 heterocycles. The molecule has 0 bridgehead atoms. The Morgan fingerprint density at radius 1 is 0.686 bits per heavy atom. The Bertz CT molecular complexity index is 1490. The van der Waals surface area contributed by atoms with Crippen LogP contribution in [0.25, 0.3) is 0 Å². The molecule has 2 aromatic rings. The summed E-state index contributed by atoms with van der Waals surface area (Å²) in [6.07, 6.45) is -1.58. The maximum atomic E-state index is 13.6. The molecule has 0 spiro atoms. The van der Waals surface area contributed by atoms with Crippen LogP contribution in [0.4, 0.5) is 4.79 Å².